The van der Waals surface area contributed by atoms with Crippen LogP contribution in [0.1, 0.15) is 38.2 Å². The lowest BCUT2D eigenvalue weighted by atomic mass is 10.0. The van der Waals surface area contributed by atoms with Crippen LogP contribution in [0.15, 0.2) is 29.2 Å². The molecule has 1 aromatic carbocycles. The Kier molecular flexibility index (Phi) is 5.83. The standard InChI is InChI=1S/C15H24N2O4S2/c1-13(2)14-5-7-15(8-6-14)23(20,21)16-9-12-22(18,19)17-10-3-4-11-17/h5-8,13,16H,3-4,9-12H2,1-2H3. The Hall–Kier alpha value is -0.960. The van der Waals surface area contributed by atoms with Crippen LogP contribution in [0.3, 0.4) is 0 Å². The Morgan fingerprint density at radius 1 is 1.04 bits per heavy atom. The molecule has 0 radical (unpaired) electrons. The fraction of sp³-hybridized carbons (Fsp3) is 0.600. The van der Waals surface area contributed by atoms with Gasteiger partial charge in [0.1, 0.15) is 0 Å². The summed E-state index contributed by atoms with van der Waals surface area (Å²) in [5.41, 5.74) is 1.06. The third-order valence-corrected chi connectivity index (χ3v) is 7.32. The van der Waals surface area contributed by atoms with Crippen LogP contribution in [-0.2, 0) is 20.0 Å². The van der Waals surface area contributed by atoms with E-state index in [-0.39, 0.29) is 17.2 Å². The second-order valence-electron chi connectivity index (χ2n) is 6.04. The first-order valence-electron chi connectivity index (χ1n) is 7.80. The van der Waals surface area contributed by atoms with E-state index in [4.69, 9.17) is 0 Å². The molecule has 1 heterocycles. The molecule has 0 atom stereocenters. The van der Waals surface area contributed by atoms with Crippen LogP contribution in [0.2, 0.25) is 0 Å². The molecular weight excluding hydrogens is 336 g/mol. The van der Waals surface area contributed by atoms with Crippen molar-refractivity contribution in [2.24, 2.45) is 0 Å². The van der Waals surface area contributed by atoms with E-state index in [0.717, 1.165) is 18.4 Å². The van der Waals surface area contributed by atoms with Crippen LogP contribution in [0.25, 0.3) is 0 Å². The first kappa shape index (κ1) is 18.4. The lowest BCUT2D eigenvalue weighted by Crippen LogP contribution is -2.36. The zero-order valence-corrected chi connectivity index (χ0v) is 15.2. The van der Waals surface area contributed by atoms with Gasteiger partial charge in [-0.25, -0.2) is 25.9 Å². The smallest absolute Gasteiger partial charge is 0.212 e. The Labute approximate surface area is 139 Å². The van der Waals surface area contributed by atoms with Gasteiger partial charge in [0.2, 0.25) is 20.0 Å². The van der Waals surface area contributed by atoms with E-state index in [9.17, 15) is 16.8 Å². The van der Waals surface area contributed by atoms with Crippen molar-refractivity contribution in [3.8, 4) is 0 Å². The zero-order valence-electron chi connectivity index (χ0n) is 13.5. The number of benzene rings is 1. The molecule has 0 aliphatic carbocycles. The molecule has 1 aliphatic heterocycles. The summed E-state index contributed by atoms with van der Waals surface area (Å²) in [6, 6.07) is 6.65. The summed E-state index contributed by atoms with van der Waals surface area (Å²) in [4.78, 5) is 0.153. The van der Waals surface area contributed by atoms with E-state index in [1.807, 2.05) is 13.8 Å². The van der Waals surface area contributed by atoms with Gasteiger partial charge in [-0.2, -0.15) is 0 Å². The molecule has 0 amide bonds. The predicted octanol–water partition coefficient (Wildman–Crippen LogP) is 1.51. The topological polar surface area (TPSA) is 83.5 Å². The van der Waals surface area contributed by atoms with Gasteiger partial charge >= 0.3 is 0 Å². The van der Waals surface area contributed by atoms with Crippen LogP contribution in [-0.4, -0.2) is 46.5 Å². The number of hydrogen-bond donors (Lipinski definition) is 1. The second-order valence-corrected chi connectivity index (χ2v) is 9.90. The van der Waals surface area contributed by atoms with E-state index in [1.165, 1.54) is 4.31 Å². The molecule has 130 valence electrons. The summed E-state index contributed by atoms with van der Waals surface area (Å²) < 4.78 is 52.3. The average molecular weight is 361 g/mol. The van der Waals surface area contributed by atoms with Gasteiger partial charge < -0.3 is 0 Å². The summed E-state index contributed by atoms with van der Waals surface area (Å²) in [7, 11) is -7.06. The van der Waals surface area contributed by atoms with Gasteiger partial charge in [0.05, 0.1) is 10.6 Å². The summed E-state index contributed by atoms with van der Waals surface area (Å²) in [5, 5.41) is 0. The largest absolute Gasteiger partial charge is 0.240 e. The summed E-state index contributed by atoms with van der Waals surface area (Å²) in [6.45, 7) is 5.01. The number of sulfonamides is 2. The Bertz CT molecular complexity index is 719. The Balaban J connectivity index is 1.96. The van der Waals surface area contributed by atoms with Crippen molar-refractivity contribution in [2.75, 3.05) is 25.4 Å². The average Bonchev–Trinajstić information content (AvgIpc) is 3.02. The minimum Gasteiger partial charge on any atom is -0.212 e. The SMILES string of the molecule is CC(C)c1ccc(S(=O)(=O)NCCS(=O)(=O)N2CCCC2)cc1. The molecule has 1 fully saturated rings. The zero-order chi connectivity index (χ0) is 17.1. The molecule has 23 heavy (non-hydrogen) atoms. The fourth-order valence-electron chi connectivity index (χ4n) is 2.52. The molecule has 0 saturated carbocycles. The van der Waals surface area contributed by atoms with E-state index < -0.39 is 20.0 Å². The quantitative estimate of drug-likeness (QED) is 0.799. The van der Waals surface area contributed by atoms with Gasteiger partial charge in [0.15, 0.2) is 0 Å². The molecule has 8 heteroatoms. The van der Waals surface area contributed by atoms with Crippen LogP contribution in [0, 0.1) is 0 Å². The molecular formula is C15H24N2O4S2. The minimum atomic E-state index is -3.68. The van der Waals surface area contributed by atoms with Gasteiger partial charge in [-0.15, -0.1) is 0 Å². The molecule has 6 nitrogen and oxygen atoms in total. The lowest BCUT2D eigenvalue weighted by Gasteiger charge is -2.15. The Morgan fingerprint density at radius 2 is 1.61 bits per heavy atom. The van der Waals surface area contributed by atoms with Gasteiger partial charge in [-0.1, -0.05) is 26.0 Å². The molecule has 0 spiro atoms. The van der Waals surface area contributed by atoms with Crippen molar-refractivity contribution in [1.29, 1.82) is 0 Å². The molecule has 0 bridgehead atoms. The number of rotatable bonds is 7. The molecule has 1 saturated heterocycles. The molecule has 0 unspecified atom stereocenters. The maximum atomic E-state index is 12.2. The first-order valence-corrected chi connectivity index (χ1v) is 10.9. The third kappa shape index (κ3) is 4.76. The van der Waals surface area contributed by atoms with E-state index in [1.54, 1.807) is 24.3 Å². The number of nitrogens with zero attached hydrogens (tertiary/aromatic N) is 1. The normalized spacial score (nSPS) is 17.0. The van der Waals surface area contributed by atoms with Crippen molar-refractivity contribution in [3.05, 3.63) is 29.8 Å². The van der Waals surface area contributed by atoms with Crippen molar-refractivity contribution >= 4 is 20.0 Å². The highest BCUT2D eigenvalue weighted by atomic mass is 32.2. The van der Waals surface area contributed by atoms with Gasteiger partial charge in [-0.3, -0.25) is 0 Å². The first-order chi connectivity index (χ1) is 10.7. The highest BCUT2D eigenvalue weighted by Crippen LogP contribution is 2.17. The monoisotopic (exact) mass is 360 g/mol. The van der Waals surface area contributed by atoms with Crippen LogP contribution < -0.4 is 4.72 Å². The van der Waals surface area contributed by atoms with Gasteiger partial charge in [0.25, 0.3) is 0 Å². The maximum Gasteiger partial charge on any atom is 0.240 e. The molecule has 1 N–H and O–H groups in total. The highest BCUT2D eigenvalue weighted by Gasteiger charge is 2.25. The number of hydrogen-bond acceptors (Lipinski definition) is 4. The van der Waals surface area contributed by atoms with E-state index in [2.05, 4.69) is 4.72 Å². The Morgan fingerprint density at radius 3 is 2.13 bits per heavy atom. The van der Waals surface area contributed by atoms with E-state index >= 15 is 0 Å². The van der Waals surface area contributed by atoms with Crippen LogP contribution in [0.4, 0.5) is 0 Å². The maximum absolute atomic E-state index is 12.2. The molecule has 2 rings (SSSR count). The van der Waals surface area contributed by atoms with Gasteiger partial charge in [-0.05, 0) is 36.5 Å². The van der Waals surface area contributed by atoms with Crippen molar-refractivity contribution in [1.82, 2.24) is 9.03 Å². The van der Waals surface area contributed by atoms with Crippen molar-refractivity contribution < 1.29 is 16.8 Å². The van der Waals surface area contributed by atoms with Crippen molar-refractivity contribution in [2.45, 2.75) is 37.5 Å². The predicted molar refractivity (Wildman–Crippen MR) is 90.3 cm³/mol. The summed E-state index contributed by atoms with van der Waals surface area (Å²) in [6.07, 6.45) is 1.74. The number of nitrogens with one attached hydrogen (secondary N) is 1. The van der Waals surface area contributed by atoms with Crippen molar-refractivity contribution in [3.63, 3.8) is 0 Å². The van der Waals surface area contributed by atoms with Crippen LogP contribution >= 0.6 is 0 Å². The van der Waals surface area contributed by atoms with E-state index in [0.29, 0.717) is 19.0 Å². The third-order valence-electron chi connectivity index (χ3n) is 3.97. The minimum absolute atomic E-state index is 0.118. The lowest BCUT2D eigenvalue weighted by molar-refractivity contribution is 0.477. The summed E-state index contributed by atoms with van der Waals surface area (Å²) in [5.74, 6) is 0.112. The fourth-order valence-corrected chi connectivity index (χ4v) is 5.11. The molecule has 1 aromatic rings. The highest BCUT2D eigenvalue weighted by molar-refractivity contribution is 7.90. The molecule has 0 aromatic heterocycles. The second kappa shape index (κ2) is 7.29. The summed E-state index contributed by atoms with van der Waals surface area (Å²) >= 11 is 0. The van der Waals surface area contributed by atoms with Gasteiger partial charge in [0, 0.05) is 19.6 Å². The molecule has 1 aliphatic rings. The van der Waals surface area contributed by atoms with Crippen LogP contribution in [0.5, 0.6) is 0 Å².